The average molecular weight is 413 g/mol. The Hall–Kier alpha value is -2.61. The largest absolute Gasteiger partial charge is 0.378 e. The van der Waals surface area contributed by atoms with Crippen LogP contribution in [0.4, 0.5) is 11.6 Å². The molecule has 8 heteroatoms. The maximum Gasteiger partial charge on any atom is 0.255 e. The maximum atomic E-state index is 12.6. The summed E-state index contributed by atoms with van der Waals surface area (Å²) in [7, 11) is 0. The van der Waals surface area contributed by atoms with Gasteiger partial charge in [0.1, 0.15) is 5.82 Å². The molecule has 8 nitrogen and oxygen atoms in total. The van der Waals surface area contributed by atoms with Crippen LogP contribution in [-0.4, -0.2) is 59.1 Å². The Balaban J connectivity index is 1.77. The highest BCUT2D eigenvalue weighted by molar-refractivity contribution is 6.01. The zero-order valence-electron chi connectivity index (χ0n) is 18.4. The average Bonchev–Trinajstić information content (AvgIpc) is 3.39. The van der Waals surface area contributed by atoms with Gasteiger partial charge >= 0.3 is 0 Å². The fourth-order valence-electron chi connectivity index (χ4n) is 4.07. The Morgan fingerprint density at radius 2 is 2.03 bits per heavy atom. The van der Waals surface area contributed by atoms with E-state index in [2.05, 4.69) is 42.8 Å². The first-order valence-electron chi connectivity index (χ1n) is 10.9. The summed E-state index contributed by atoms with van der Waals surface area (Å²) < 4.78 is 7.27. The molecule has 2 aliphatic rings. The normalized spacial score (nSPS) is 16.5. The SMILES string of the molecule is CCCN(c1cc(-n2ccc(N3CCOCC3)n2)c2c(n1)CNC2=O)C(C)(C)CC. The van der Waals surface area contributed by atoms with Crippen molar-refractivity contribution < 1.29 is 9.53 Å². The maximum absolute atomic E-state index is 12.6. The molecule has 0 unspecified atom stereocenters. The monoisotopic (exact) mass is 412 g/mol. The molecule has 0 spiro atoms. The first kappa shape index (κ1) is 20.7. The number of pyridine rings is 1. The summed E-state index contributed by atoms with van der Waals surface area (Å²) in [6.07, 6.45) is 3.96. The van der Waals surface area contributed by atoms with Crippen molar-refractivity contribution in [3.8, 4) is 5.69 Å². The van der Waals surface area contributed by atoms with Crippen molar-refractivity contribution >= 4 is 17.5 Å². The smallest absolute Gasteiger partial charge is 0.255 e. The molecule has 0 radical (unpaired) electrons. The van der Waals surface area contributed by atoms with Gasteiger partial charge in [0.2, 0.25) is 0 Å². The topological polar surface area (TPSA) is 75.5 Å². The highest BCUT2D eigenvalue weighted by atomic mass is 16.5. The minimum Gasteiger partial charge on any atom is -0.378 e. The minimum atomic E-state index is -0.0840. The van der Waals surface area contributed by atoms with E-state index < -0.39 is 0 Å². The Bertz CT molecular complexity index is 916. The van der Waals surface area contributed by atoms with Crippen LogP contribution in [0, 0.1) is 0 Å². The molecular formula is C22H32N6O2. The molecule has 1 fully saturated rings. The van der Waals surface area contributed by atoms with Gasteiger partial charge in [0.25, 0.3) is 5.91 Å². The number of morpholine rings is 1. The van der Waals surface area contributed by atoms with Gasteiger partial charge in [-0.25, -0.2) is 9.67 Å². The van der Waals surface area contributed by atoms with Crippen molar-refractivity contribution in [1.82, 2.24) is 20.1 Å². The van der Waals surface area contributed by atoms with E-state index in [-0.39, 0.29) is 11.4 Å². The number of nitrogens with one attached hydrogen (secondary N) is 1. The third kappa shape index (κ3) is 3.76. The van der Waals surface area contributed by atoms with Crippen LogP contribution in [0.5, 0.6) is 0 Å². The number of ether oxygens (including phenoxy) is 1. The number of hydrogen-bond donors (Lipinski definition) is 1. The molecule has 0 aliphatic carbocycles. The minimum absolute atomic E-state index is 0.0341. The number of carbonyl (C=O) groups excluding carboxylic acids is 1. The van der Waals surface area contributed by atoms with Gasteiger partial charge in [0.05, 0.1) is 36.7 Å². The summed E-state index contributed by atoms with van der Waals surface area (Å²) >= 11 is 0. The van der Waals surface area contributed by atoms with Crippen LogP contribution in [0.3, 0.4) is 0 Å². The molecule has 1 N–H and O–H groups in total. The van der Waals surface area contributed by atoms with E-state index in [4.69, 9.17) is 14.8 Å². The van der Waals surface area contributed by atoms with Gasteiger partial charge in [-0.15, -0.1) is 0 Å². The number of amides is 1. The number of carbonyl (C=O) groups is 1. The molecule has 0 saturated carbocycles. The zero-order chi connectivity index (χ0) is 21.3. The van der Waals surface area contributed by atoms with Crippen molar-refractivity contribution in [2.24, 2.45) is 0 Å². The lowest BCUT2D eigenvalue weighted by Crippen LogP contribution is -2.44. The van der Waals surface area contributed by atoms with E-state index in [0.29, 0.717) is 25.3 Å². The van der Waals surface area contributed by atoms with Crippen LogP contribution in [-0.2, 0) is 11.3 Å². The summed E-state index contributed by atoms with van der Waals surface area (Å²) in [5.74, 6) is 1.72. The van der Waals surface area contributed by atoms with Gasteiger partial charge in [-0.05, 0) is 26.7 Å². The quantitative estimate of drug-likeness (QED) is 0.754. The van der Waals surface area contributed by atoms with Crippen molar-refractivity contribution in [3.05, 3.63) is 29.6 Å². The Labute approximate surface area is 178 Å². The van der Waals surface area contributed by atoms with Crippen LogP contribution in [0.2, 0.25) is 0 Å². The molecule has 30 heavy (non-hydrogen) atoms. The number of fused-ring (bicyclic) bond motifs is 1. The van der Waals surface area contributed by atoms with E-state index >= 15 is 0 Å². The molecule has 0 bridgehead atoms. The number of rotatable bonds is 7. The summed E-state index contributed by atoms with van der Waals surface area (Å²) in [5, 5.41) is 7.73. The van der Waals surface area contributed by atoms with E-state index in [9.17, 15) is 4.79 Å². The van der Waals surface area contributed by atoms with Crippen LogP contribution < -0.4 is 15.1 Å². The first-order valence-corrected chi connectivity index (χ1v) is 10.9. The lowest BCUT2D eigenvalue weighted by Gasteiger charge is -2.39. The van der Waals surface area contributed by atoms with E-state index in [1.54, 1.807) is 0 Å². The second-order valence-corrected chi connectivity index (χ2v) is 8.54. The lowest BCUT2D eigenvalue weighted by atomic mass is 9.98. The van der Waals surface area contributed by atoms with Crippen LogP contribution in [0.15, 0.2) is 18.3 Å². The molecule has 0 atom stereocenters. The van der Waals surface area contributed by atoms with Crippen molar-refractivity contribution in [1.29, 1.82) is 0 Å². The molecule has 2 aliphatic heterocycles. The van der Waals surface area contributed by atoms with Gasteiger partial charge in [-0.1, -0.05) is 13.8 Å². The second kappa shape index (κ2) is 8.26. The van der Waals surface area contributed by atoms with E-state index in [1.165, 1.54) is 0 Å². The van der Waals surface area contributed by atoms with Gasteiger partial charge in [0.15, 0.2) is 5.82 Å². The van der Waals surface area contributed by atoms with Gasteiger partial charge in [0, 0.05) is 43.5 Å². The molecule has 162 valence electrons. The van der Waals surface area contributed by atoms with Gasteiger partial charge in [-0.2, -0.15) is 5.10 Å². The van der Waals surface area contributed by atoms with E-state index in [0.717, 1.165) is 55.5 Å². The molecule has 4 rings (SSSR count). The first-order chi connectivity index (χ1) is 14.4. The fourth-order valence-corrected chi connectivity index (χ4v) is 4.07. The molecule has 2 aromatic rings. The number of anilines is 2. The van der Waals surface area contributed by atoms with Crippen LogP contribution >= 0.6 is 0 Å². The molecule has 1 amide bonds. The number of hydrogen-bond acceptors (Lipinski definition) is 6. The Morgan fingerprint density at radius 1 is 1.27 bits per heavy atom. The van der Waals surface area contributed by atoms with Crippen LogP contribution in [0.1, 0.15) is 56.6 Å². The Kier molecular flexibility index (Phi) is 5.69. The lowest BCUT2D eigenvalue weighted by molar-refractivity contribution is 0.0965. The van der Waals surface area contributed by atoms with Crippen molar-refractivity contribution in [3.63, 3.8) is 0 Å². The van der Waals surface area contributed by atoms with Crippen LogP contribution in [0.25, 0.3) is 5.69 Å². The predicted molar refractivity (Wildman–Crippen MR) is 118 cm³/mol. The summed E-state index contributed by atoms with van der Waals surface area (Å²) in [5.41, 5.74) is 2.18. The predicted octanol–water partition coefficient (Wildman–Crippen LogP) is 2.75. The summed E-state index contributed by atoms with van der Waals surface area (Å²) in [4.78, 5) is 22.1. The highest BCUT2D eigenvalue weighted by Gasteiger charge is 2.31. The Morgan fingerprint density at radius 3 is 2.73 bits per heavy atom. The fraction of sp³-hybridized carbons (Fsp3) is 0.591. The van der Waals surface area contributed by atoms with Crippen molar-refractivity contribution in [2.75, 3.05) is 42.6 Å². The zero-order valence-corrected chi connectivity index (χ0v) is 18.4. The van der Waals surface area contributed by atoms with Gasteiger partial charge in [-0.3, -0.25) is 4.79 Å². The third-order valence-corrected chi connectivity index (χ3v) is 6.18. The molecule has 4 heterocycles. The second-order valence-electron chi connectivity index (χ2n) is 8.54. The molecule has 0 aromatic carbocycles. The summed E-state index contributed by atoms with van der Waals surface area (Å²) in [6.45, 7) is 13.3. The summed E-state index contributed by atoms with van der Waals surface area (Å²) in [6, 6.07) is 4.03. The van der Waals surface area contributed by atoms with Gasteiger partial charge < -0.3 is 19.9 Å². The molecule has 2 aromatic heterocycles. The highest BCUT2D eigenvalue weighted by Crippen LogP contribution is 2.31. The molecule has 1 saturated heterocycles. The molecular weight excluding hydrogens is 380 g/mol. The number of aromatic nitrogens is 3. The standard InChI is InChI=1S/C22H32N6O2/c1-5-8-27(22(3,4)6-2)19-14-17(20-16(24-19)15-23-21(20)29)28-9-7-18(25-28)26-10-12-30-13-11-26/h7,9,14H,5-6,8,10-13,15H2,1-4H3,(H,23,29). The number of nitrogens with zero attached hydrogens (tertiary/aromatic N) is 5. The van der Waals surface area contributed by atoms with E-state index in [1.807, 2.05) is 23.0 Å². The van der Waals surface area contributed by atoms with Crippen molar-refractivity contribution in [2.45, 2.75) is 52.6 Å². The third-order valence-electron chi connectivity index (χ3n) is 6.18.